The van der Waals surface area contributed by atoms with E-state index in [1.54, 1.807) is 36.6 Å². The number of rotatable bonds is 7. The van der Waals surface area contributed by atoms with E-state index < -0.39 is 9.84 Å². The highest BCUT2D eigenvalue weighted by atomic mass is 32.2. The molecule has 0 aliphatic rings. The lowest BCUT2D eigenvalue weighted by atomic mass is 9.98. The summed E-state index contributed by atoms with van der Waals surface area (Å²) in [6, 6.07) is 24.6. The Morgan fingerprint density at radius 3 is 2.30 bits per heavy atom. The molecule has 2 heterocycles. The molecule has 0 fully saturated rings. The molecule has 186 valence electrons. The average molecular weight is 529 g/mol. The summed E-state index contributed by atoms with van der Waals surface area (Å²) in [6.07, 6.45) is 1.47. The molecular weight excluding hydrogens is 504 g/mol. The van der Waals surface area contributed by atoms with Gasteiger partial charge in [0.05, 0.1) is 22.0 Å². The van der Waals surface area contributed by atoms with Gasteiger partial charge in [-0.25, -0.2) is 13.4 Å². The van der Waals surface area contributed by atoms with E-state index in [2.05, 4.69) is 10.1 Å². The van der Waals surface area contributed by atoms with Crippen molar-refractivity contribution < 1.29 is 8.42 Å². The maximum absolute atomic E-state index is 13.7. The first-order valence-corrected chi connectivity index (χ1v) is 14.3. The largest absolute Gasteiger partial charge is 0.303 e. The maximum Gasteiger partial charge on any atom is 0.277 e. The average Bonchev–Trinajstić information content (AvgIpc) is 3.50. The molecule has 3 aromatic carbocycles. The van der Waals surface area contributed by atoms with Crippen molar-refractivity contribution in [2.45, 2.75) is 18.2 Å². The first-order chi connectivity index (χ1) is 17.7. The Hall–Kier alpha value is -4.08. The quantitative estimate of drug-likeness (QED) is 0.278. The molecule has 0 aliphatic heterocycles. The number of hydrogen-bond acceptors (Lipinski definition) is 6. The fraction of sp³-hybridized carbons (Fsp3) is 0.107. The van der Waals surface area contributed by atoms with E-state index in [-0.39, 0.29) is 10.5 Å². The SMILES string of the molecule is CC(=N)c1csc(-n2[nH]c(-c3cccc(-c4ccccc4)c3)c(Cc3ccc(S(C)(=O)=O)cc3)c2=O)n1. The summed E-state index contributed by atoms with van der Waals surface area (Å²) in [5, 5.41) is 13.3. The van der Waals surface area contributed by atoms with Crippen LogP contribution >= 0.6 is 11.3 Å². The summed E-state index contributed by atoms with van der Waals surface area (Å²) in [7, 11) is -3.32. The molecule has 5 rings (SSSR count). The van der Waals surface area contributed by atoms with Gasteiger partial charge >= 0.3 is 0 Å². The number of H-pyrrole nitrogens is 1. The van der Waals surface area contributed by atoms with Crippen molar-refractivity contribution in [3.63, 3.8) is 0 Å². The van der Waals surface area contributed by atoms with Crippen LogP contribution in [0.4, 0.5) is 0 Å². The van der Waals surface area contributed by atoms with Crippen molar-refractivity contribution in [3.05, 3.63) is 111 Å². The van der Waals surface area contributed by atoms with Crippen molar-refractivity contribution in [1.29, 1.82) is 5.41 Å². The highest BCUT2D eigenvalue weighted by molar-refractivity contribution is 7.90. The van der Waals surface area contributed by atoms with Crippen LogP contribution in [0.3, 0.4) is 0 Å². The van der Waals surface area contributed by atoms with Crippen LogP contribution in [0, 0.1) is 5.41 Å². The molecule has 0 bridgehead atoms. The molecule has 0 amide bonds. The number of nitrogens with one attached hydrogen (secondary N) is 2. The molecule has 0 saturated carbocycles. The van der Waals surface area contributed by atoms with Crippen LogP contribution in [0.25, 0.3) is 27.5 Å². The van der Waals surface area contributed by atoms with E-state index >= 15 is 0 Å². The van der Waals surface area contributed by atoms with Crippen LogP contribution < -0.4 is 5.56 Å². The van der Waals surface area contributed by atoms with Crippen LogP contribution in [0.15, 0.2) is 93.9 Å². The van der Waals surface area contributed by atoms with Crippen LogP contribution in [0.2, 0.25) is 0 Å². The number of hydrogen-bond donors (Lipinski definition) is 2. The molecule has 0 spiro atoms. The number of sulfone groups is 1. The number of benzene rings is 3. The minimum atomic E-state index is -3.32. The summed E-state index contributed by atoms with van der Waals surface area (Å²) in [5.41, 5.74) is 5.55. The van der Waals surface area contributed by atoms with Gasteiger partial charge in [-0.3, -0.25) is 9.89 Å². The number of aromatic nitrogens is 3. The van der Waals surface area contributed by atoms with Crippen LogP contribution in [0.5, 0.6) is 0 Å². The molecule has 7 nitrogen and oxygen atoms in total. The number of nitrogens with zero attached hydrogens (tertiary/aromatic N) is 2. The van der Waals surface area contributed by atoms with Gasteiger partial charge in [0.25, 0.3) is 5.56 Å². The Morgan fingerprint density at radius 1 is 0.973 bits per heavy atom. The zero-order valence-corrected chi connectivity index (χ0v) is 21.9. The lowest BCUT2D eigenvalue weighted by Gasteiger charge is -2.07. The topological polar surface area (TPSA) is 109 Å². The molecule has 37 heavy (non-hydrogen) atoms. The third-order valence-corrected chi connectivity index (χ3v) is 8.00. The smallest absolute Gasteiger partial charge is 0.277 e. The summed E-state index contributed by atoms with van der Waals surface area (Å²) in [6.45, 7) is 1.66. The summed E-state index contributed by atoms with van der Waals surface area (Å²) in [4.78, 5) is 18.4. The fourth-order valence-electron chi connectivity index (χ4n) is 4.09. The summed E-state index contributed by atoms with van der Waals surface area (Å²) < 4.78 is 25.2. The van der Waals surface area contributed by atoms with Crippen LogP contribution in [0.1, 0.15) is 23.7 Å². The van der Waals surface area contributed by atoms with Crippen molar-refractivity contribution in [3.8, 4) is 27.5 Å². The van der Waals surface area contributed by atoms with Crippen molar-refractivity contribution in [1.82, 2.24) is 14.8 Å². The monoisotopic (exact) mass is 528 g/mol. The van der Waals surface area contributed by atoms with Crippen LogP contribution in [-0.2, 0) is 16.3 Å². The van der Waals surface area contributed by atoms with Gasteiger partial charge in [0, 0.05) is 29.2 Å². The van der Waals surface area contributed by atoms with Crippen molar-refractivity contribution in [2.75, 3.05) is 6.26 Å². The summed E-state index contributed by atoms with van der Waals surface area (Å²) in [5.74, 6) is 0. The molecule has 2 aromatic heterocycles. The molecule has 0 aliphatic carbocycles. The fourth-order valence-corrected chi connectivity index (χ4v) is 5.55. The Morgan fingerprint density at radius 2 is 1.65 bits per heavy atom. The molecule has 0 unspecified atom stereocenters. The van der Waals surface area contributed by atoms with E-state index in [1.807, 2.05) is 54.6 Å². The number of aromatic amines is 1. The minimum absolute atomic E-state index is 0.232. The van der Waals surface area contributed by atoms with E-state index in [0.29, 0.717) is 34.2 Å². The van der Waals surface area contributed by atoms with E-state index in [0.717, 1.165) is 22.3 Å². The number of thiazole rings is 1. The third kappa shape index (κ3) is 5.09. The molecule has 9 heteroatoms. The third-order valence-electron chi connectivity index (χ3n) is 6.04. The predicted molar refractivity (Wildman–Crippen MR) is 148 cm³/mol. The molecule has 2 N–H and O–H groups in total. The zero-order valence-electron chi connectivity index (χ0n) is 20.2. The van der Waals surface area contributed by atoms with Gasteiger partial charge in [0.1, 0.15) is 0 Å². The van der Waals surface area contributed by atoms with Gasteiger partial charge in [0.2, 0.25) is 5.13 Å². The van der Waals surface area contributed by atoms with Crippen LogP contribution in [-0.4, -0.2) is 35.1 Å². The van der Waals surface area contributed by atoms with E-state index in [1.165, 1.54) is 22.3 Å². The van der Waals surface area contributed by atoms with E-state index in [4.69, 9.17) is 5.41 Å². The van der Waals surface area contributed by atoms with Gasteiger partial charge in [-0.05, 0) is 41.8 Å². The first kappa shape index (κ1) is 24.6. The highest BCUT2D eigenvalue weighted by Crippen LogP contribution is 2.28. The molecule has 0 radical (unpaired) electrons. The molecule has 0 atom stereocenters. The maximum atomic E-state index is 13.7. The standard InChI is InChI=1S/C28H24N4O3S2/c1-18(29)25-17-36-28(30-25)32-27(33)24(15-19-11-13-23(14-12-19)37(2,34)35)26(31-32)22-10-6-9-21(16-22)20-7-4-3-5-8-20/h3-14,16-17,29,31H,15H2,1-2H3. The summed E-state index contributed by atoms with van der Waals surface area (Å²) >= 11 is 1.29. The van der Waals surface area contributed by atoms with Gasteiger partial charge < -0.3 is 5.41 Å². The lowest BCUT2D eigenvalue weighted by molar-refractivity contribution is 0.602. The Labute approximate surface area is 218 Å². The second-order valence-corrected chi connectivity index (χ2v) is 11.6. The zero-order chi connectivity index (χ0) is 26.2. The Bertz CT molecular complexity index is 1760. The minimum Gasteiger partial charge on any atom is -0.303 e. The van der Waals surface area contributed by atoms with Crippen molar-refractivity contribution in [2.24, 2.45) is 0 Å². The normalized spacial score (nSPS) is 11.5. The predicted octanol–water partition coefficient (Wildman–Crippen LogP) is 5.34. The molecule has 0 saturated heterocycles. The lowest BCUT2D eigenvalue weighted by Crippen LogP contribution is -2.17. The molecule has 5 aromatic rings. The van der Waals surface area contributed by atoms with Gasteiger partial charge in [-0.2, -0.15) is 4.68 Å². The van der Waals surface area contributed by atoms with Crippen molar-refractivity contribution >= 4 is 26.9 Å². The van der Waals surface area contributed by atoms with E-state index in [9.17, 15) is 13.2 Å². The highest BCUT2D eigenvalue weighted by Gasteiger charge is 2.20. The first-order valence-electron chi connectivity index (χ1n) is 11.5. The van der Waals surface area contributed by atoms with Gasteiger partial charge in [-0.1, -0.05) is 60.7 Å². The van der Waals surface area contributed by atoms with Gasteiger partial charge in [-0.15, -0.1) is 11.3 Å². The Balaban J connectivity index is 1.63. The Kier molecular flexibility index (Phi) is 6.49. The second-order valence-electron chi connectivity index (χ2n) is 8.79. The second kappa shape index (κ2) is 9.76. The van der Waals surface area contributed by atoms with Gasteiger partial charge in [0.15, 0.2) is 9.84 Å². The molecular formula is C28H24N4O3S2.